The fraction of sp³-hybridized carbons (Fsp3) is 0.455. The van der Waals surface area contributed by atoms with Crippen molar-refractivity contribution in [2.45, 2.75) is 26.0 Å². The average Bonchev–Trinajstić information content (AvgIpc) is 2.27. The zero-order valence-corrected chi connectivity index (χ0v) is 9.51. The number of hydrogen-bond acceptors (Lipinski definition) is 4. The average molecular weight is 223 g/mol. The highest BCUT2D eigenvalue weighted by molar-refractivity contribution is 5.94. The first-order valence-corrected chi connectivity index (χ1v) is 5.17. The van der Waals surface area contributed by atoms with Gasteiger partial charge in [0.15, 0.2) is 0 Å². The molecule has 1 aromatic heterocycles. The Kier molecular flexibility index (Phi) is 4.88. The number of anilines is 1. The molecule has 5 heteroatoms. The van der Waals surface area contributed by atoms with Crippen LogP contribution in [-0.4, -0.2) is 29.6 Å². The van der Waals surface area contributed by atoms with E-state index in [9.17, 15) is 4.79 Å². The minimum Gasteiger partial charge on any atom is -0.377 e. The number of ether oxygens (including phenoxy) is 1. The number of aromatic nitrogens is 1. The number of nitrogens with two attached hydrogens (primary N) is 1. The van der Waals surface area contributed by atoms with Crippen LogP contribution in [0.15, 0.2) is 24.5 Å². The quantitative estimate of drug-likeness (QED) is 0.773. The second kappa shape index (κ2) is 6.19. The molecule has 1 heterocycles. The van der Waals surface area contributed by atoms with E-state index in [0.29, 0.717) is 5.69 Å². The lowest BCUT2D eigenvalue weighted by atomic mass is 10.3. The maximum atomic E-state index is 11.6. The Hall–Kier alpha value is -1.46. The van der Waals surface area contributed by atoms with E-state index < -0.39 is 6.04 Å². The number of nitrogens with zero attached hydrogens (tertiary/aromatic N) is 1. The largest absolute Gasteiger partial charge is 0.377 e. The molecule has 0 radical (unpaired) electrons. The number of rotatable bonds is 5. The molecular formula is C11H17N3O2. The lowest BCUT2D eigenvalue weighted by Crippen LogP contribution is -2.40. The lowest BCUT2D eigenvalue weighted by Gasteiger charge is -2.14. The van der Waals surface area contributed by atoms with E-state index in [0.717, 1.165) is 0 Å². The molecule has 0 fully saturated rings. The molecule has 3 N–H and O–H groups in total. The zero-order valence-electron chi connectivity index (χ0n) is 9.51. The van der Waals surface area contributed by atoms with Crippen molar-refractivity contribution in [2.75, 3.05) is 11.9 Å². The van der Waals surface area contributed by atoms with Crippen LogP contribution in [0, 0.1) is 0 Å². The van der Waals surface area contributed by atoms with Gasteiger partial charge in [0, 0.05) is 6.20 Å². The van der Waals surface area contributed by atoms with E-state index in [1.54, 1.807) is 24.5 Å². The van der Waals surface area contributed by atoms with Crippen LogP contribution in [0.25, 0.3) is 0 Å². The van der Waals surface area contributed by atoms with E-state index in [4.69, 9.17) is 10.5 Å². The Morgan fingerprint density at radius 3 is 2.94 bits per heavy atom. The number of nitrogens with one attached hydrogen (secondary N) is 1. The van der Waals surface area contributed by atoms with Crippen molar-refractivity contribution in [1.82, 2.24) is 4.98 Å². The van der Waals surface area contributed by atoms with Crippen molar-refractivity contribution in [2.24, 2.45) is 5.73 Å². The van der Waals surface area contributed by atoms with Gasteiger partial charge in [0.1, 0.15) is 6.04 Å². The third-order valence-electron chi connectivity index (χ3n) is 1.87. The van der Waals surface area contributed by atoms with E-state index in [-0.39, 0.29) is 18.6 Å². The van der Waals surface area contributed by atoms with Crippen LogP contribution in [0.4, 0.5) is 5.69 Å². The Labute approximate surface area is 95.0 Å². The van der Waals surface area contributed by atoms with Gasteiger partial charge >= 0.3 is 0 Å². The summed E-state index contributed by atoms with van der Waals surface area (Å²) in [6.45, 7) is 4.00. The molecule has 0 saturated heterocycles. The van der Waals surface area contributed by atoms with Gasteiger partial charge in [-0.2, -0.15) is 0 Å². The first-order chi connectivity index (χ1) is 7.59. The molecule has 0 saturated carbocycles. The molecular weight excluding hydrogens is 206 g/mol. The number of amides is 1. The van der Waals surface area contributed by atoms with Gasteiger partial charge in [0.2, 0.25) is 5.91 Å². The van der Waals surface area contributed by atoms with Crippen LogP contribution >= 0.6 is 0 Å². The molecule has 1 atom stereocenters. The SMILES string of the molecule is CC(C)OC[C@H](N)C(=O)Nc1cccnc1. The Balaban J connectivity index is 2.40. The maximum Gasteiger partial charge on any atom is 0.243 e. The molecule has 16 heavy (non-hydrogen) atoms. The van der Waals surface area contributed by atoms with E-state index in [1.165, 1.54) is 0 Å². The van der Waals surface area contributed by atoms with Gasteiger partial charge in [-0.3, -0.25) is 9.78 Å². The summed E-state index contributed by atoms with van der Waals surface area (Å²) in [7, 11) is 0. The highest BCUT2D eigenvalue weighted by Crippen LogP contribution is 2.03. The van der Waals surface area contributed by atoms with E-state index in [1.807, 2.05) is 13.8 Å². The molecule has 0 spiro atoms. The Morgan fingerprint density at radius 1 is 1.62 bits per heavy atom. The summed E-state index contributed by atoms with van der Waals surface area (Å²) in [4.78, 5) is 15.5. The molecule has 88 valence electrons. The van der Waals surface area contributed by atoms with Gasteiger partial charge in [-0.15, -0.1) is 0 Å². The van der Waals surface area contributed by atoms with Crippen LogP contribution in [0.3, 0.4) is 0 Å². The normalized spacial score (nSPS) is 12.5. The molecule has 1 aromatic rings. The summed E-state index contributed by atoms with van der Waals surface area (Å²) in [5.74, 6) is -0.270. The molecule has 5 nitrogen and oxygen atoms in total. The lowest BCUT2D eigenvalue weighted by molar-refractivity contribution is -0.119. The van der Waals surface area contributed by atoms with Crippen LogP contribution in [0.1, 0.15) is 13.8 Å². The fourth-order valence-corrected chi connectivity index (χ4v) is 1.04. The summed E-state index contributed by atoms with van der Waals surface area (Å²) in [6, 6.07) is 2.83. The minimum absolute atomic E-state index is 0.0669. The summed E-state index contributed by atoms with van der Waals surface area (Å²) in [5, 5.41) is 2.66. The van der Waals surface area contributed by atoms with Crippen molar-refractivity contribution in [1.29, 1.82) is 0 Å². The van der Waals surface area contributed by atoms with Gasteiger partial charge in [-0.05, 0) is 26.0 Å². The molecule has 0 unspecified atom stereocenters. The van der Waals surface area contributed by atoms with Crippen LogP contribution in [0.2, 0.25) is 0 Å². The van der Waals surface area contributed by atoms with Gasteiger partial charge < -0.3 is 15.8 Å². The van der Waals surface area contributed by atoms with Crippen LogP contribution in [-0.2, 0) is 9.53 Å². The van der Waals surface area contributed by atoms with Crippen molar-refractivity contribution < 1.29 is 9.53 Å². The number of carbonyl (C=O) groups excluding carboxylic acids is 1. The monoisotopic (exact) mass is 223 g/mol. The third-order valence-corrected chi connectivity index (χ3v) is 1.87. The van der Waals surface area contributed by atoms with Crippen molar-refractivity contribution >= 4 is 11.6 Å². The summed E-state index contributed by atoms with van der Waals surface area (Å²) >= 11 is 0. The van der Waals surface area contributed by atoms with Crippen molar-refractivity contribution in [3.63, 3.8) is 0 Å². The molecule has 1 rings (SSSR count). The molecule has 0 aliphatic carbocycles. The number of pyridine rings is 1. The number of hydrogen-bond donors (Lipinski definition) is 2. The fourth-order valence-electron chi connectivity index (χ4n) is 1.04. The van der Waals surface area contributed by atoms with Crippen LogP contribution < -0.4 is 11.1 Å². The van der Waals surface area contributed by atoms with Crippen molar-refractivity contribution in [3.05, 3.63) is 24.5 Å². The zero-order chi connectivity index (χ0) is 12.0. The third kappa shape index (κ3) is 4.37. The highest BCUT2D eigenvalue weighted by Gasteiger charge is 2.14. The minimum atomic E-state index is -0.664. The highest BCUT2D eigenvalue weighted by atomic mass is 16.5. The van der Waals surface area contributed by atoms with Gasteiger partial charge in [0.05, 0.1) is 24.6 Å². The molecule has 1 amide bonds. The van der Waals surface area contributed by atoms with Gasteiger partial charge in [-0.25, -0.2) is 0 Å². The first-order valence-electron chi connectivity index (χ1n) is 5.17. The topological polar surface area (TPSA) is 77.2 Å². The number of carbonyl (C=O) groups is 1. The summed E-state index contributed by atoms with van der Waals surface area (Å²) in [5.41, 5.74) is 6.29. The summed E-state index contributed by atoms with van der Waals surface area (Å²) < 4.78 is 5.26. The van der Waals surface area contributed by atoms with Gasteiger partial charge in [-0.1, -0.05) is 0 Å². The first kappa shape index (κ1) is 12.6. The smallest absolute Gasteiger partial charge is 0.243 e. The second-order valence-electron chi connectivity index (χ2n) is 3.72. The maximum absolute atomic E-state index is 11.6. The molecule has 0 aromatic carbocycles. The van der Waals surface area contributed by atoms with Gasteiger partial charge in [0.25, 0.3) is 0 Å². The van der Waals surface area contributed by atoms with E-state index >= 15 is 0 Å². The van der Waals surface area contributed by atoms with E-state index in [2.05, 4.69) is 10.3 Å². The Bertz CT molecular complexity index is 327. The molecule has 0 aliphatic rings. The predicted molar refractivity (Wildman–Crippen MR) is 61.9 cm³/mol. The Morgan fingerprint density at radius 2 is 2.38 bits per heavy atom. The second-order valence-corrected chi connectivity index (χ2v) is 3.72. The summed E-state index contributed by atoms with van der Waals surface area (Å²) in [6.07, 6.45) is 3.27. The molecule has 0 aliphatic heterocycles. The van der Waals surface area contributed by atoms with Crippen molar-refractivity contribution in [3.8, 4) is 0 Å². The standard InChI is InChI=1S/C11H17N3O2/c1-8(2)16-7-10(12)11(15)14-9-4-3-5-13-6-9/h3-6,8,10H,7,12H2,1-2H3,(H,14,15)/t10-/m0/s1. The molecule has 0 bridgehead atoms. The van der Waals surface area contributed by atoms with Crippen LogP contribution in [0.5, 0.6) is 0 Å². The predicted octanol–water partition coefficient (Wildman–Crippen LogP) is 0.772.